The summed E-state index contributed by atoms with van der Waals surface area (Å²) in [6.45, 7) is 2.49. The Morgan fingerprint density at radius 1 is 1.26 bits per heavy atom. The third kappa shape index (κ3) is 4.38. The van der Waals surface area contributed by atoms with Crippen molar-refractivity contribution in [2.75, 3.05) is 26.8 Å². The van der Waals surface area contributed by atoms with Gasteiger partial charge in [-0.1, -0.05) is 0 Å². The van der Waals surface area contributed by atoms with Gasteiger partial charge in [-0.05, 0) is 36.7 Å². The Hall–Kier alpha value is -1.30. The molecule has 2 rings (SSSR count). The molecule has 0 radical (unpaired) electrons. The molecule has 0 aliphatic heterocycles. The van der Waals surface area contributed by atoms with Crippen LogP contribution in [0.2, 0.25) is 5.22 Å². The standard InChI is InChI=1S/C13H17ClN2O3/c1-17-8-7-15-6-2-3-13-16-9-11(19-13)10-4-5-12(14)18-10/h4-5,9,15H,2-3,6-8H2,1H3. The van der Waals surface area contributed by atoms with E-state index in [0.29, 0.717) is 22.6 Å². The maximum Gasteiger partial charge on any atom is 0.195 e. The minimum Gasteiger partial charge on any atom is -0.441 e. The first-order valence-electron chi connectivity index (χ1n) is 6.19. The number of oxazole rings is 1. The van der Waals surface area contributed by atoms with Gasteiger partial charge in [0.2, 0.25) is 0 Å². The molecule has 0 aliphatic carbocycles. The van der Waals surface area contributed by atoms with Crippen LogP contribution < -0.4 is 5.32 Å². The van der Waals surface area contributed by atoms with Crippen LogP contribution in [0.25, 0.3) is 11.5 Å². The second kappa shape index (κ2) is 7.33. The first-order chi connectivity index (χ1) is 9.29. The molecule has 5 nitrogen and oxygen atoms in total. The Bertz CT molecular complexity index is 496. The number of rotatable bonds is 8. The number of nitrogens with one attached hydrogen (secondary N) is 1. The van der Waals surface area contributed by atoms with Crippen LogP contribution in [0.15, 0.2) is 27.2 Å². The second-order valence-electron chi connectivity index (χ2n) is 4.07. The molecule has 0 atom stereocenters. The monoisotopic (exact) mass is 284 g/mol. The molecule has 2 aromatic rings. The Morgan fingerprint density at radius 3 is 2.89 bits per heavy atom. The van der Waals surface area contributed by atoms with Gasteiger partial charge < -0.3 is 18.9 Å². The summed E-state index contributed by atoms with van der Waals surface area (Å²) in [4.78, 5) is 4.21. The molecule has 0 fully saturated rings. The number of furan rings is 1. The summed E-state index contributed by atoms with van der Waals surface area (Å²) in [5, 5.41) is 3.61. The molecule has 2 aromatic heterocycles. The second-order valence-corrected chi connectivity index (χ2v) is 4.44. The fourth-order valence-corrected chi connectivity index (χ4v) is 1.80. The highest BCUT2D eigenvalue weighted by Gasteiger charge is 2.09. The van der Waals surface area contributed by atoms with Crippen molar-refractivity contribution >= 4 is 11.6 Å². The summed E-state index contributed by atoms with van der Waals surface area (Å²) in [5.74, 6) is 1.91. The average Bonchev–Trinajstić information content (AvgIpc) is 3.02. The van der Waals surface area contributed by atoms with Crippen LogP contribution in [-0.2, 0) is 11.2 Å². The van der Waals surface area contributed by atoms with Crippen LogP contribution >= 0.6 is 11.6 Å². The zero-order chi connectivity index (χ0) is 13.5. The average molecular weight is 285 g/mol. The van der Waals surface area contributed by atoms with E-state index in [1.165, 1.54) is 0 Å². The number of hydrogen-bond donors (Lipinski definition) is 1. The highest BCUT2D eigenvalue weighted by Crippen LogP contribution is 2.25. The Kier molecular flexibility index (Phi) is 5.44. The van der Waals surface area contributed by atoms with Crippen LogP contribution in [0.3, 0.4) is 0 Å². The van der Waals surface area contributed by atoms with E-state index in [2.05, 4.69) is 10.3 Å². The molecule has 0 aliphatic rings. The zero-order valence-electron chi connectivity index (χ0n) is 10.8. The fraction of sp³-hybridized carbons (Fsp3) is 0.462. The van der Waals surface area contributed by atoms with E-state index in [1.54, 1.807) is 25.4 Å². The number of halogens is 1. The molecule has 6 heteroatoms. The maximum atomic E-state index is 5.71. The van der Waals surface area contributed by atoms with Crippen LogP contribution in [0, 0.1) is 0 Å². The molecule has 2 heterocycles. The summed E-state index contributed by atoms with van der Waals surface area (Å²) < 4.78 is 15.8. The van der Waals surface area contributed by atoms with Crippen molar-refractivity contribution in [1.82, 2.24) is 10.3 Å². The Balaban J connectivity index is 1.75. The molecule has 0 saturated carbocycles. The Morgan fingerprint density at radius 2 is 2.16 bits per heavy atom. The molecule has 1 N–H and O–H groups in total. The summed E-state index contributed by atoms with van der Waals surface area (Å²) >= 11 is 5.71. The number of aromatic nitrogens is 1. The van der Waals surface area contributed by atoms with Gasteiger partial charge in [0.05, 0.1) is 12.8 Å². The molecular formula is C13H17ClN2O3. The van der Waals surface area contributed by atoms with Crippen molar-refractivity contribution in [3.05, 3.63) is 29.4 Å². The maximum absolute atomic E-state index is 5.71. The molecule has 0 spiro atoms. The van der Waals surface area contributed by atoms with Gasteiger partial charge in [0.25, 0.3) is 0 Å². The van der Waals surface area contributed by atoms with Crippen molar-refractivity contribution < 1.29 is 13.6 Å². The molecule has 0 amide bonds. The third-order valence-corrected chi connectivity index (χ3v) is 2.80. The summed E-state index contributed by atoms with van der Waals surface area (Å²) in [6, 6.07) is 3.44. The van der Waals surface area contributed by atoms with Crippen LogP contribution in [-0.4, -0.2) is 31.8 Å². The van der Waals surface area contributed by atoms with E-state index in [4.69, 9.17) is 25.2 Å². The highest BCUT2D eigenvalue weighted by molar-refractivity contribution is 6.28. The Labute approximate surface area is 116 Å². The topological polar surface area (TPSA) is 60.4 Å². The summed E-state index contributed by atoms with van der Waals surface area (Å²) in [5.41, 5.74) is 0. The molecule has 0 saturated heterocycles. The van der Waals surface area contributed by atoms with Gasteiger partial charge in [0.1, 0.15) is 0 Å². The normalized spacial score (nSPS) is 11.1. The predicted octanol–water partition coefficient (Wildman–Crippen LogP) is 2.76. The molecule has 104 valence electrons. The molecule has 0 aromatic carbocycles. The van der Waals surface area contributed by atoms with E-state index in [-0.39, 0.29) is 0 Å². The number of nitrogens with zero attached hydrogens (tertiary/aromatic N) is 1. The van der Waals surface area contributed by atoms with Gasteiger partial charge in [-0.15, -0.1) is 0 Å². The van der Waals surface area contributed by atoms with Crippen LogP contribution in [0.4, 0.5) is 0 Å². The van der Waals surface area contributed by atoms with E-state index in [1.807, 2.05) is 0 Å². The SMILES string of the molecule is COCCNCCCc1ncc(-c2ccc(Cl)o2)o1. The largest absolute Gasteiger partial charge is 0.441 e. The number of aryl methyl sites for hydroxylation is 1. The number of methoxy groups -OCH3 is 1. The van der Waals surface area contributed by atoms with E-state index in [9.17, 15) is 0 Å². The molecule has 0 unspecified atom stereocenters. The lowest BCUT2D eigenvalue weighted by atomic mass is 10.3. The van der Waals surface area contributed by atoms with Gasteiger partial charge in [0.15, 0.2) is 22.6 Å². The first-order valence-corrected chi connectivity index (χ1v) is 6.57. The zero-order valence-corrected chi connectivity index (χ0v) is 11.6. The highest BCUT2D eigenvalue weighted by atomic mass is 35.5. The van der Waals surface area contributed by atoms with Crippen molar-refractivity contribution in [1.29, 1.82) is 0 Å². The van der Waals surface area contributed by atoms with Gasteiger partial charge in [0, 0.05) is 20.1 Å². The lowest BCUT2D eigenvalue weighted by Crippen LogP contribution is -2.20. The first kappa shape index (κ1) is 14.1. The van der Waals surface area contributed by atoms with Crippen molar-refractivity contribution in [3.63, 3.8) is 0 Å². The van der Waals surface area contributed by atoms with Crippen LogP contribution in [0.1, 0.15) is 12.3 Å². The van der Waals surface area contributed by atoms with Crippen molar-refractivity contribution in [2.24, 2.45) is 0 Å². The lowest BCUT2D eigenvalue weighted by molar-refractivity contribution is 0.199. The van der Waals surface area contributed by atoms with Gasteiger partial charge >= 0.3 is 0 Å². The van der Waals surface area contributed by atoms with Gasteiger partial charge in [-0.2, -0.15) is 0 Å². The minimum atomic E-state index is 0.343. The lowest BCUT2D eigenvalue weighted by Gasteiger charge is -2.01. The fourth-order valence-electron chi connectivity index (χ4n) is 1.65. The number of ether oxygens (including phenoxy) is 1. The molecule has 19 heavy (non-hydrogen) atoms. The quantitative estimate of drug-likeness (QED) is 0.755. The van der Waals surface area contributed by atoms with Crippen LogP contribution in [0.5, 0.6) is 0 Å². The van der Waals surface area contributed by atoms with Gasteiger partial charge in [-0.3, -0.25) is 0 Å². The summed E-state index contributed by atoms with van der Waals surface area (Å²) in [6.07, 6.45) is 3.40. The van der Waals surface area contributed by atoms with E-state index in [0.717, 1.165) is 32.5 Å². The third-order valence-electron chi connectivity index (χ3n) is 2.60. The minimum absolute atomic E-state index is 0.343. The van der Waals surface area contributed by atoms with Crippen molar-refractivity contribution in [2.45, 2.75) is 12.8 Å². The van der Waals surface area contributed by atoms with E-state index >= 15 is 0 Å². The smallest absolute Gasteiger partial charge is 0.195 e. The number of hydrogen-bond acceptors (Lipinski definition) is 5. The summed E-state index contributed by atoms with van der Waals surface area (Å²) in [7, 11) is 1.69. The molecule has 0 bridgehead atoms. The van der Waals surface area contributed by atoms with Crippen molar-refractivity contribution in [3.8, 4) is 11.5 Å². The molecular weight excluding hydrogens is 268 g/mol. The van der Waals surface area contributed by atoms with E-state index < -0.39 is 0 Å². The predicted molar refractivity (Wildman–Crippen MR) is 72.3 cm³/mol. The van der Waals surface area contributed by atoms with Gasteiger partial charge in [-0.25, -0.2) is 4.98 Å².